The molecule has 1 N–H and O–H groups in total. The minimum Gasteiger partial charge on any atom is -0.484 e. The molecule has 0 saturated heterocycles. The van der Waals surface area contributed by atoms with Crippen molar-refractivity contribution >= 4 is 16.9 Å². The van der Waals surface area contributed by atoms with Gasteiger partial charge in [-0.25, -0.2) is 0 Å². The molecule has 32 heavy (non-hydrogen) atoms. The summed E-state index contributed by atoms with van der Waals surface area (Å²) >= 11 is 0. The molecule has 1 aromatic heterocycles. The summed E-state index contributed by atoms with van der Waals surface area (Å²) in [5.74, 6) is 0.782. The number of hydrogen-bond donors (Lipinski definition) is 1. The standard InChI is InChI=1S/C26H24N4O2/c31-26(21-10-6-11-22-25(21)28-14-13-27-22)29-15-16-30-17-20-9-4-5-12-23(20)32-24(18-30)19-7-2-1-3-8-19/h1-14,24H,15-18H2,(H,29,31). The predicted molar refractivity (Wildman–Crippen MR) is 123 cm³/mol. The van der Waals surface area contributed by atoms with Crippen LogP contribution >= 0.6 is 0 Å². The molecule has 0 spiro atoms. The molecule has 6 nitrogen and oxygen atoms in total. The summed E-state index contributed by atoms with van der Waals surface area (Å²) in [6.45, 7) is 2.76. The van der Waals surface area contributed by atoms with Crippen LogP contribution in [0.2, 0.25) is 0 Å². The molecule has 1 amide bonds. The van der Waals surface area contributed by atoms with Crippen LogP contribution in [0.3, 0.4) is 0 Å². The van der Waals surface area contributed by atoms with Gasteiger partial charge in [-0.05, 0) is 23.8 Å². The predicted octanol–water partition coefficient (Wildman–Crippen LogP) is 4.00. The number of benzene rings is 3. The van der Waals surface area contributed by atoms with E-state index >= 15 is 0 Å². The van der Waals surface area contributed by atoms with Crippen molar-refractivity contribution in [1.29, 1.82) is 0 Å². The van der Waals surface area contributed by atoms with Crippen molar-refractivity contribution < 1.29 is 9.53 Å². The van der Waals surface area contributed by atoms with E-state index in [1.165, 1.54) is 0 Å². The van der Waals surface area contributed by atoms with E-state index in [1.807, 2.05) is 48.5 Å². The van der Waals surface area contributed by atoms with Crippen LogP contribution < -0.4 is 10.1 Å². The minimum atomic E-state index is -0.137. The van der Waals surface area contributed by atoms with Gasteiger partial charge in [0.1, 0.15) is 17.4 Å². The maximum Gasteiger partial charge on any atom is 0.253 e. The largest absolute Gasteiger partial charge is 0.484 e. The Morgan fingerprint density at radius 2 is 1.78 bits per heavy atom. The Morgan fingerprint density at radius 1 is 0.969 bits per heavy atom. The van der Waals surface area contributed by atoms with Gasteiger partial charge in [-0.15, -0.1) is 0 Å². The molecule has 1 atom stereocenters. The average Bonchev–Trinajstić information content (AvgIpc) is 3.03. The topological polar surface area (TPSA) is 67.4 Å². The number of aromatic nitrogens is 2. The number of para-hydroxylation sites is 2. The van der Waals surface area contributed by atoms with Crippen LogP contribution in [0.4, 0.5) is 0 Å². The van der Waals surface area contributed by atoms with Crippen molar-refractivity contribution in [2.75, 3.05) is 19.6 Å². The second-order valence-corrected chi connectivity index (χ2v) is 7.85. The Hall–Kier alpha value is -3.77. The van der Waals surface area contributed by atoms with Gasteiger partial charge < -0.3 is 10.1 Å². The lowest BCUT2D eigenvalue weighted by atomic mass is 10.1. The van der Waals surface area contributed by atoms with Crippen molar-refractivity contribution in [2.45, 2.75) is 12.6 Å². The van der Waals surface area contributed by atoms with Gasteiger partial charge in [0.2, 0.25) is 0 Å². The molecule has 5 rings (SSSR count). The molecule has 160 valence electrons. The van der Waals surface area contributed by atoms with Gasteiger partial charge in [0.15, 0.2) is 0 Å². The summed E-state index contributed by atoms with van der Waals surface area (Å²) in [6.07, 6.45) is 3.17. The summed E-state index contributed by atoms with van der Waals surface area (Å²) < 4.78 is 6.37. The van der Waals surface area contributed by atoms with Crippen molar-refractivity contribution in [3.05, 3.63) is 102 Å². The van der Waals surface area contributed by atoms with Gasteiger partial charge in [-0.1, -0.05) is 54.6 Å². The number of hydrogen-bond acceptors (Lipinski definition) is 5. The molecular formula is C26H24N4O2. The molecular weight excluding hydrogens is 400 g/mol. The van der Waals surface area contributed by atoms with Crippen molar-refractivity contribution in [3.8, 4) is 5.75 Å². The average molecular weight is 425 g/mol. The number of nitrogens with one attached hydrogen (secondary N) is 1. The maximum atomic E-state index is 12.8. The van der Waals surface area contributed by atoms with Crippen LogP contribution in [0, 0.1) is 0 Å². The van der Waals surface area contributed by atoms with Crippen molar-refractivity contribution in [1.82, 2.24) is 20.2 Å². The molecule has 3 aromatic carbocycles. The lowest BCUT2D eigenvalue weighted by Crippen LogP contribution is -2.36. The zero-order valence-corrected chi connectivity index (χ0v) is 17.6. The number of rotatable bonds is 5. The smallest absolute Gasteiger partial charge is 0.253 e. The van der Waals surface area contributed by atoms with Crippen molar-refractivity contribution in [2.24, 2.45) is 0 Å². The first-order valence-corrected chi connectivity index (χ1v) is 10.8. The molecule has 0 radical (unpaired) electrons. The number of carbonyl (C=O) groups excluding carboxylic acids is 1. The van der Waals surface area contributed by atoms with Crippen LogP contribution in [-0.2, 0) is 6.54 Å². The van der Waals surface area contributed by atoms with E-state index in [2.05, 4.69) is 38.4 Å². The van der Waals surface area contributed by atoms with Gasteiger partial charge in [0.05, 0.1) is 11.1 Å². The number of carbonyl (C=O) groups is 1. The molecule has 6 heteroatoms. The second kappa shape index (κ2) is 9.16. The lowest BCUT2D eigenvalue weighted by Gasteiger charge is -2.24. The van der Waals surface area contributed by atoms with Gasteiger partial charge in [0.25, 0.3) is 5.91 Å². The monoisotopic (exact) mass is 424 g/mol. The highest BCUT2D eigenvalue weighted by molar-refractivity contribution is 6.04. The first-order valence-electron chi connectivity index (χ1n) is 10.8. The molecule has 2 heterocycles. The third kappa shape index (κ3) is 4.31. The third-order valence-electron chi connectivity index (χ3n) is 5.69. The molecule has 1 aliphatic heterocycles. The van der Waals surface area contributed by atoms with Gasteiger partial charge in [0, 0.05) is 44.1 Å². The fourth-order valence-corrected chi connectivity index (χ4v) is 4.09. The molecule has 0 bridgehead atoms. The van der Waals surface area contributed by atoms with Crippen LogP contribution in [0.15, 0.2) is 85.2 Å². The van der Waals surface area contributed by atoms with Crippen LogP contribution in [0.5, 0.6) is 5.75 Å². The Balaban J connectivity index is 1.29. The van der Waals surface area contributed by atoms with E-state index in [9.17, 15) is 4.79 Å². The van der Waals surface area contributed by atoms with Crippen LogP contribution in [0.25, 0.3) is 11.0 Å². The maximum absolute atomic E-state index is 12.8. The molecule has 0 saturated carbocycles. The van der Waals surface area contributed by atoms with E-state index in [0.29, 0.717) is 29.7 Å². The lowest BCUT2D eigenvalue weighted by molar-refractivity contribution is 0.0944. The fourth-order valence-electron chi connectivity index (χ4n) is 4.09. The number of ether oxygens (including phenoxy) is 1. The Kier molecular flexibility index (Phi) is 5.77. The van der Waals surface area contributed by atoms with Crippen LogP contribution in [-0.4, -0.2) is 40.4 Å². The third-order valence-corrected chi connectivity index (χ3v) is 5.69. The highest BCUT2D eigenvalue weighted by Crippen LogP contribution is 2.30. The summed E-state index contributed by atoms with van der Waals surface area (Å²) in [5, 5.41) is 3.05. The summed E-state index contributed by atoms with van der Waals surface area (Å²) in [4.78, 5) is 23.8. The summed E-state index contributed by atoms with van der Waals surface area (Å²) in [6, 6.07) is 23.9. The quantitative estimate of drug-likeness (QED) is 0.525. The Morgan fingerprint density at radius 3 is 2.69 bits per heavy atom. The molecule has 1 unspecified atom stereocenters. The summed E-state index contributed by atoms with van der Waals surface area (Å²) in [7, 11) is 0. The molecule has 4 aromatic rings. The number of amides is 1. The Bertz CT molecular complexity index is 1220. The Labute approximate surface area is 186 Å². The van der Waals surface area contributed by atoms with Gasteiger partial charge >= 0.3 is 0 Å². The molecule has 0 fully saturated rings. The van der Waals surface area contributed by atoms with E-state index in [0.717, 1.165) is 30.0 Å². The second-order valence-electron chi connectivity index (χ2n) is 7.85. The van der Waals surface area contributed by atoms with E-state index in [4.69, 9.17) is 4.74 Å². The zero-order valence-electron chi connectivity index (χ0n) is 17.6. The van der Waals surface area contributed by atoms with E-state index < -0.39 is 0 Å². The molecule has 0 aliphatic carbocycles. The normalized spacial score (nSPS) is 16.1. The number of nitrogens with zero attached hydrogens (tertiary/aromatic N) is 3. The minimum absolute atomic E-state index is 0.0658. The van der Waals surface area contributed by atoms with E-state index in [1.54, 1.807) is 18.5 Å². The SMILES string of the molecule is O=C(NCCN1Cc2ccccc2OC(c2ccccc2)C1)c1cccc2nccnc12. The number of fused-ring (bicyclic) bond motifs is 2. The zero-order chi connectivity index (χ0) is 21.8. The van der Waals surface area contributed by atoms with Crippen molar-refractivity contribution in [3.63, 3.8) is 0 Å². The highest BCUT2D eigenvalue weighted by atomic mass is 16.5. The van der Waals surface area contributed by atoms with E-state index in [-0.39, 0.29) is 12.0 Å². The highest BCUT2D eigenvalue weighted by Gasteiger charge is 2.24. The first kappa shape index (κ1) is 20.2. The fraction of sp³-hybridized carbons (Fsp3) is 0.192. The first-order chi connectivity index (χ1) is 15.8. The molecule has 1 aliphatic rings. The summed E-state index contributed by atoms with van der Waals surface area (Å²) in [5.41, 5.74) is 4.18. The van der Waals surface area contributed by atoms with Crippen LogP contribution in [0.1, 0.15) is 27.6 Å². The van der Waals surface area contributed by atoms with Gasteiger partial charge in [-0.2, -0.15) is 0 Å². The van der Waals surface area contributed by atoms with Gasteiger partial charge in [-0.3, -0.25) is 19.7 Å².